The van der Waals surface area contributed by atoms with Crippen LogP contribution in [-0.2, 0) is 4.74 Å². The number of halogens is 3. The first-order chi connectivity index (χ1) is 15.9. The summed E-state index contributed by atoms with van der Waals surface area (Å²) in [7, 11) is 0. The highest BCUT2D eigenvalue weighted by Crippen LogP contribution is 2.39. The number of carbonyl (C=O) groups excluding carboxylic acids is 1. The maximum Gasteiger partial charge on any atom is 0.573 e. The highest BCUT2D eigenvalue weighted by atomic mass is 19.4. The van der Waals surface area contributed by atoms with E-state index in [0.29, 0.717) is 41.4 Å². The summed E-state index contributed by atoms with van der Waals surface area (Å²) in [6.45, 7) is 3.30. The number of nitrogens with zero attached hydrogens (tertiary/aromatic N) is 1. The molecule has 1 N–H and O–H groups in total. The predicted octanol–water partition coefficient (Wildman–Crippen LogP) is 4.90. The third kappa shape index (κ3) is 4.88. The molecule has 0 spiro atoms. The second kappa shape index (κ2) is 8.78. The van der Waals surface area contributed by atoms with E-state index in [-0.39, 0.29) is 17.9 Å². The molecule has 3 fully saturated rings. The van der Waals surface area contributed by atoms with Crippen LogP contribution < -0.4 is 14.8 Å². The highest BCUT2D eigenvalue weighted by molar-refractivity contribution is 5.73. The van der Waals surface area contributed by atoms with Gasteiger partial charge in [-0.3, -0.25) is 4.90 Å². The minimum atomic E-state index is -4.80. The molecule has 6 rings (SSSR count). The van der Waals surface area contributed by atoms with E-state index in [1.165, 1.54) is 12.1 Å². The van der Waals surface area contributed by atoms with E-state index in [4.69, 9.17) is 9.47 Å². The summed E-state index contributed by atoms with van der Waals surface area (Å²) >= 11 is 0. The minimum Gasteiger partial charge on any atom is -0.493 e. The van der Waals surface area contributed by atoms with Crippen LogP contribution >= 0.6 is 0 Å². The lowest BCUT2D eigenvalue weighted by Crippen LogP contribution is -2.52. The van der Waals surface area contributed by atoms with E-state index in [0.717, 1.165) is 32.5 Å². The van der Waals surface area contributed by atoms with Crippen LogP contribution in [0.5, 0.6) is 11.5 Å². The molecule has 0 saturated carbocycles. The van der Waals surface area contributed by atoms with Crippen molar-refractivity contribution >= 4 is 6.09 Å². The third-order valence-electron chi connectivity index (χ3n) is 6.62. The molecule has 4 aliphatic heterocycles. The summed E-state index contributed by atoms with van der Waals surface area (Å²) in [4.78, 5) is 15.0. The van der Waals surface area contributed by atoms with Crippen molar-refractivity contribution in [2.75, 3.05) is 26.2 Å². The molecule has 0 radical (unpaired) electrons. The standard InChI is InChI=1S/C24H25F3N2O4/c25-24(26,27)33-21-4-2-1-3-17(21)16-5-6-20-18(13-16)19(9-12-31-20)28-23(30)32-22-14-29-10-7-15(22)8-11-29/h1-6,13,15,19,22H,7-12,14H2,(H,28,30)/t19?,22-/m1/s1. The molecule has 2 aromatic carbocycles. The van der Waals surface area contributed by atoms with Crippen LogP contribution in [0.4, 0.5) is 18.0 Å². The fourth-order valence-corrected chi connectivity index (χ4v) is 4.99. The lowest BCUT2D eigenvalue weighted by atomic mass is 9.86. The molecule has 33 heavy (non-hydrogen) atoms. The highest BCUT2D eigenvalue weighted by Gasteiger charge is 2.37. The zero-order valence-electron chi connectivity index (χ0n) is 17.9. The van der Waals surface area contributed by atoms with Crippen molar-refractivity contribution in [3.8, 4) is 22.6 Å². The van der Waals surface area contributed by atoms with Gasteiger partial charge in [0, 0.05) is 24.1 Å². The number of amides is 1. The summed E-state index contributed by atoms with van der Waals surface area (Å²) in [5.74, 6) is 0.708. The Labute approximate surface area is 189 Å². The Morgan fingerprint density at radius 3 is 2.61 bits per heavy atom. The lowest BCUT2D eigenvalue weighted by Gasteiger charge is -2.44. The number of para-hydroxylation sites is 1. The van der Waals surface area contributed by atoms with Gasteiger partial charge in [0.1, 0.15) is 17.6 Å². The lowest BCUT2D eigenvalue weighted by molar-refractivity contribution is -0.274. The molecule has 1 unspecified atom stereocenters. The molecule has 3 saturated heterocycles. The van der Waals surface area contributed by atoms with Gasteiger partial charge in [0.2, 0.25) is 0 Å². The van der Waals surface area contributed by atoms with Gasteiger partial charge in [-0.15, -0.1) is 13.2 Å². The molecular formula is C24H25F3N2O4. The van der Waals surface area contributed by atoms with E-state index in [1.54, 1.807) is 30.3 Å². The van der Waals surface area contributed by atoms with E-state index in [1.807, 2.05) is 0 Å². The summed E-state index contributed by atoms with van der Waals surface area (Å²) < 4.78 is 54.3. The van der Waals surface area contributed by atoms with Gasteiger partial charge < -0.3 is 19.5 Å². The summed E-state index contributed by atoms with van der Waals surface area (Å²) in [5.41, 5.74) is 1.54. The minimum absolute atomic E-state index is 0.107. The molecule has 2 atom stereocenters. The van der Waals surface area contributed by atoms with Gasteiger partial charge in [0.15, 0.2) is 0 Å². The average molecular weight is 462 g/mol. The number of hydrogen-bond donors (Lipinski definition) is 1. The molecule has 0 aromatic heterocycles. The fourth-order valence-electron chi connectivity index (χ4n) is 4.99. The van der Waals surface area contributed by atoms with Crippen molar-refractivity contribution in [3.05, 3.63) is 48.0 Å². The second-order valence-electron chi connectivity index (χ2n) is 8.71. The molecule has 1 amide bonds. The van der Waals surface area contributed by atoms with Crippen molar-refractivity contribution in [2.45, 2.75) is 37.8 Å². The van der Waals surface area contributed by atoms with Crippen molar-refractivity contribution < 1.29 is 32.2 Å². The summed E-state index contributed by atoms with van der Waals surface area (Å²) in [6.07, 6.45) is -2.76. The fraction of sp³-hybridized carbons (Fsp3) is 0.458. The van der Waals surface area contributed by atoms with Gasteiger partial charge in [-0.1, -0.05) is 24.3 Å². The number of hydrogen-bond acceptors (Lipinski definition) is 5. The molecule has 0 aliphatic carbocycles. The zero-order valence-corrected chi connectivity index (χ0v) is 17.9. The zero-order chi connectivity index (χ0) is 23.0. The van der Waals surface area contributed by atoms with Gasteiger partial charge in [-0.25, -0.2) is 4.79 Å². The molecule has 9 heteroatoms. The molecule has 4 heterocycles. The first-order valence-electron chi connectivity index (χ1n) is 11.2. The summed E-state index contributed by atoms with van der Waals surface area (Å²) in [5, 5.41) is 2.94. The normalized spacial score (nSPS) is 26.2. The van der Waals surface area contributed by atoms with E-state index in [9.17, 15) is 18.0 Å². The van der Waals surface area contributed by atoms with Crippen LogP contribution in [0.3, 0.4) is 0 Å². The number of alkyl carbamates (subject to hydrolysis) is 1. The molecule has 176 valence electrons. The van der Waals surface area contributed by atoms with Crippen LogP contribution in [-0.4, -0.2) is 49.7 Å². The van der Waals surface area contributed by atoms with Crippen LogP contribution in [0, 0.1) is 5.92 Å². The number of nitrogens with one attached hydrogen (secondary N) is 1. The van der Waals surface area contributed by atoms with Crippen LogP contribution in [0.2, 0.25) is 0 Å². The quantitative estimate of drug-likeness (QED) is 0.701. The Morgan fingerprint density at radius 1 is 1.09 bits per heavy atom. The van der Waals surface area contributed by atoms with E-state index in [2.05, 4.69) is 15.0 Å². The third-order valence-corrected chi connectivity index (χ3v) is 6.62. The second-order valence-corrected chi connectivity index (χ2v) is 8.71. The number of rotatable bonds is 4. The van der Waals surface area contributed by atoms with Crippen molar-refractivity contribution in [1.82, 2.24) is 10.2 Å². The Balaban J connectivity index is 1.34. The monoisotopic (exact) mass is 462 g/mol. The number of fused-ring (bicyclic) bond motifs is 4. The maximum atomic E-state index is 12.9. The number of piperidine rings is 3. The number of alkyl halides is 3. The number of carbonyl (C=O) groups is 1. The number of benzene rings is 2. The van der Waals surface area contributed by atoms with Crippen molar-refractivity contribution in [3.63, 3.8) is 0 Å². The van der Waals surface area contributed by atoms with Crippen LogP contribution in [0.1, 0.15) is 30.9 Å². The smallest absolute Gasteiger partial charge is 0.493 e. The first-order valence-corrected chi connectivity index (χ1v) is 11.2. The van der Waals surface area contributed by atoms with Gasteiger partial charge in [0.25, 0.3) is 0 Å². The van der Waals surface area contributed by atoms with Crippen LogP contribution in [0.25, 0.3) is 11.1 Å². The average Bonchev–Trinajstić information content (AvgIpc) is 2.79. The van der Waals surface area contributed by atoms with Crippen LogP contribution in [0.15, 0.2) is 42.5 Å². The molecule has 2 aromatic rings. The number of ether oxygens (including phenoxy) is 3. The Morgan fingerprint density at radius 2 is 1.88 bits per heavy atom. The molecule has 6 nitrogen and oxygen atoms in total. The van der Waals surface area contributed by atoms with E-state index >= 15 is 0 Å². The maximum absolute atomic E-state index is 12.9. The summed E-state index contributed by atoms with van der Waals surface area (Å²) in [6, 6.07) is 10.8. The SMILES string of the molecule is O=C(NC1CCOc2ccc(-c3ccccc3OC(F)(F)F)cc21)O[C@@H]1CN2CCC1CC2. The van der Waals surface area contributed by atoms with Gasteiger partial charge in [-0.2, -0.15) is 0 Å². The van der Waals surface area contributed by atoms with Gasteiger partial charge >= 0.3 is 12.5 Å². The first kappa shape index (κ1) is 21.9. The largest absolute Gasteiger partial charge is 0.573 e. The Bertz CT molecular complexity index is 1020. The molecule has 2 bridgehead atoms. The van der Waals surface area contributed by atoms with Crippen molar-refractivity contribution in [1.29, 1.82) is 0 Å². The van der Waals surface area contributed by atoms with Crippen molar-refractivity contribution in [2.24, 2.45) is 5.92 Å². The molecule has 4 aliphatic rings. The Kier molecular flexibility index (Phi) is 5.82. The topological polar surface area (TPSA) is 60.0 Å². The van der Waals surface area contributed by atoms with E-state index < -0.39 is 12.5 Å². The van der Waals surface area contributed by atoms with Gasteiger partial charge in [0.05, 0.1) is 12.6 Å². The van der Waals surface area contributed by atoms with Gasteiger partial charge in [-0.05, 0) is 55.6 Å². The Hall–Kier alpha value is -2.94. The molecular weight excluding hydrogens is 437 g/mol. The predicted molar refractivity (Wildman–Crippen MR) is 114 cm³/mol.